The lowest BCUT2D eigenvalue weighted by atomic mass is 10.1. The van der Waals surface area contributed by atoms with Crippen molar-refractivity contribution in [2.75, 3.05) is 6.61 Å². The largest absolute Gasteiger partial charge is 0.490 e. The zero-order chi connectivity index (χ0) is 16.4. The molecular formula is C19H22N2O2. The summed E-state index contributed by atoms with van der Waals surface area (Å²) in [6, 6.07) is 12.0. The van der Waals surface area contributed by atoms with Crippen LogP contribution in [0.2, 0.25) is 0 Å². The smallest absolute Gasteiger partial charge is 0.125 e. The Morgan fingerprint density at radius 1 is 1.09 bits per heavy atom. The topological polar surface area (TPSA) is 47.3 Å². The molecule has 0 bridgehead atoms. The molecule has 0 aliphatic heterocycles. The normalized spacial score (nSPS) is 12.5. The number of aliphatic hydroxyl groups is 1. The summed E-state index contributed by atoms with van der Waals surface area (Å²) in [5.74, 6) is 0.875. The molecule has 0 unspecified atom stereocenters. The lowest BCUT2D eigenvalue weighted by Crippen LogP contribution is -2.23. The zero-order valence-corrected chi connectivity index (χ0v) is 13.8. The molecule has 0 fully saturated rings. The second-order valence-electron chi connectivity index (χ2n) is 6.00. The predicted molar refractivity (Wildman–Crippen MR) is 91.9 cm³/mol. The Morgan fingerprint density at radius 3 is 2.65 bits per heavy atom. The van der Waals surface area contributed by atoms with Gasteiger partial charge in [0.15, 0.2) is 0 Å². The molecule has 2 aromatic carbocycles. The number of aliphatic hydroxyl groups excluding tert-OH is 1. The number of hydrogen-bond donors (Lipinski definition) is 1. The highest BCUT2D eigenvalue weighted by atomic mass is 16.5. The van der Waals surface area contributed by atoms with E-state index in [0.29, 0.717) is 6.54 Å². The van der Waals surface area contributed by atoms with Crippen molar-refractivity contribution in [3.05, 3.63) is 59.4 Å². The first-order chi connectivity index (χ1) is 11.1. The molecule has 23 heavy (non-hydrogen) atoms. The van der Waals surface area contributed by atoms with Crippen LogP contribution in [0.3, 0.4) is 0 Å². The Morgan fingerprint density at radius 2 is 1.83 bits per heavy atom. The van der Waals surface area contributed by atoms with E-state index in [1.165, 1.54) is 5.56 Å². The molecule has 0 aliphatic rings. The van der Waals surface area contributed by atoms with E-state index in [9.17, 15) is 5.11 Å². The van der Waals surface area contributed by atoms with Crippen molar-refractivity contribution < 1.29 is 9.84 Å². The minimum absolute atomic E-state index is 0.262. The summed E-state index contributed by atoms with van der Waals surface area (Å²) in [7, 11) is 0. The average molecular weight is 310 g/mol. The van der Waals surface area contributed by atoms with E-state index >= 15 is 0 Å². The van der Waals surface area contributed by atoms with Crippen LogP contribution in [0.25, 0.3) is 11.0 Å². The molecule has 1 atom stereocenters. The summed E-state index contributed by atoms with van der Waals surface area (Å²) in [6.45, 7) is 6.86. The Labute approximate surface area is 136 Å². The summed E-state index contributed by atoms with van der Waals surface area (Å²) < 4.78 is 7.84. The minimum atomic E-state index is -0.591. The van der Waals surface area contributed by atoms with Crippen LogP contribution < -0.4 is 4.74 Å². The maximum atomic E-state index is 10.3. The second-order valence-corrected chi connectivity index (χ2v) is 6.00. The van der Waals surface area contributed by atoms with Crippen LogP contribution in [-0.2, 0) is 6.54 Å². The van der Waals surface area contributed by atoms with Crippen molar-refractivity contribution in [3.8, 4) is 5.75 Å². The third-order valence-electron chi connectivity index (χ3n) is 4.23. The van der Waals surface area contributed by atoms with Crippen LogP contribution in [0.5, 0.6) is 5.75 Å². The van der Waals surface area contributed by atoms with Crippen molar-refractivity contribution in [3.63, 3.8) is 0 Å². The Bertz CT molecular complexity index is 823. The van der Waals surface area contributed by atoms with Crippen LogP contribution in [0.15, 0.2) is 42.7 Å². The number of aromatic nitrogens is 2. The van der Waals surface area contributed by atoms with Crippen LogP contribution in [0, 0.1) is 20.8 Å². The number of para-hydroxylation sites is 2. The number of rotatable bonds is 5. The molecule has 0 radical (unpaired) electrons. The number of benzene rings is 2. The summed E-state index contributed by atoms with van der Waals surface area (Å²) in [6.07, 6.45) is 1.17. The number of ether oxygens (including phenoxy) is 1. The molecule has 0 saturated heterocycles. The summed E-state index contributed by atoms with van der Waals surface area (Å²) in [4.78, 5) is 4.34. The molecule has 4 heteroatoms. The van der Waals surface area contributed by atoms with Gasteiger partial charge in [-0.25, -0.2) is 4.98 Å². The fourth-order valence-electron chi connectivity index (χ4n) is 2.76. The minimum Gasteiger partial charge on any atom is -0.490 e. The predicted octanol–water partition coefficient (Wildman–Crippen LogP) is 3.40. The lowest BCUT2D eigenvalue weighted by molar-refractivity contribution is 0.0927. The van der Waals surface area contributed by atoms with E-state index in [1.807, 2.05) is 48.7 Å². The van der Waals surface area contributed by atoms with Gasteiger partial charge in [-0.3, -0.25) is 0 Å². The lowest BCUT2D eigenvalue weighted by Gasteiger charge is -2.17. The van der Waals surface area contributed by atoms with Crippen LogP contribution in [0.1, 0.15) is 16.7 Å². The summed E-state index contributed by atoms with van der Waals surface area (Å²) >= 11 is 0. The van der Waals surface area contributed by atoms with Gasteiger partial charge in [0.05, 0.1) is 23.9 Å². The number of imidazole rings is 1. The Balaban J connectivity index is 1.69. The third-order valence-corrected chi connectivity index (χ3v) is 4.23. The van der Waals surface area contributed by atoms with E-state index in [4.69, 9.17) is 4.74 Å². The molecular weight excluding hydrogens is 288 g/mol. The summed E-state index contributed by atoms with van der Waals surface area (Å²) in [5, 5.41) is 10.3. The number of aryl methyl sites for hydroxylation is 2. The van der Waals surface area contributed by atoms with Crippen LogP contribution in [-0.4, -0.2) is 27.4 Å². The van der Waals surface area contributed by atoms with Gasteiger partial charge in [0, 0.05) is 0 Å². The van der Waals surface area contributed by atoms with Gasteiger partial charge in [0.25, 0.3) is 0 Å². The van der Waals surface area contributed by atoms with Gasteiger partial charge >= 0.3 is 0 Å². The molecule has 1 heterocycles. The van der Waals surface area contributed by atoms with Crippen LogP contribution in [0.4, 0.5) is 0 Å². The molecule has 120 valence electrons. The van der Waals surface area contributed by atoms with Gasteiger partial charge in [-0.1, -0.05) is 24.3 Å². The maximum Gasteiger partial charge on any atom is 0.125 e. The number of fused-ring (bicyclic) bond motifs is 1. The highest BCUT2D eigenvalue weighted by Crippen LogP contribution is 2.25. The van der Waals surface area contributed by atoms with Gasteiger partial charge in [0.2, 0.25) is 0 Å². The standard InChI is InChI=1S/C19H22N2O2/c1-13-8-9-14(2)19(15(13)3)23-11-16(22)10-21-12-20-17-6-4-5-7-18(17)21/h4-9,12,16,22H,10-11H2,1-3H3/t16-/m1/s1. The first-order valence-corrected chi connectivity index (χ1v) is 7.84. The molecule has 3 rings (SSSR count). The Hall–Kier alpha value is -2.33. The van der Waals surface area contributed by atoms with Crippen molar-refractivity contribution in [1.29, 1.82) is 0 Å². The highest BCUT2D eigenvalue weighted by molar-refractivity contribution is 5.74. The molecule has 1 N–H and O–H groups in total. The molecule has 4 nitrogen and oxygen atoms in total. The van der Waals surface area contributed by atoms with E-state index in [0.717, 1.165) is 27.9 Å². The van der Waals surface area contributed by atoms with Gasteiger partial charge in [-0.05, 0) is 49.6 Å². The molecule has 0 aliphatic carbocycles. The van der Waals surface area contributed by atoms with Gasteiger partial charge in [-0.2, -0.15) is 0 Å². The molecule has 1 aromatic heterocycles. The van der Waals surface area contributed by atoms with Crippen molar-refractivity contribution in [2.45, 2.75) is 33.4 Å². The van der Waals surface area contributed by atoms with E-state index in [-0.39, 0.29) is 6.61 Å². The van der Waals surface area contributed by atoms with Gasteiger partial charge in [-0.15, -0.1) is 0 Å². The maximum absolute atomic E-state index is 10.3. The fourth-order valence-corrected chi connectivity index (χ4v) is 2.76. The van der Waals surface area contributed by atoms with Crippen molar-refractivity contribution in [2.24, 2.45) is 0 Å². The average Bonchev–Trinajstić information content (AvgIpc) is 2.94. The third kappa shape index (κ3) is 3.22. The number of hydrogen-bond acceptors (Lipinski definition) is 3. The quantitative estimate of drug-likeness (QED) is 0.785. The fraction of sp³-hybridized carbons (Fsp3) is 0.316. The van der Waals surface area contributed by atoms with Crippen LogP contribution >= 0.6 is 0 Å². The zero-order valence-electron chi connectivity index (χ0n) is 13.8. The second kappa shape index (κ2) is 6.42. The number of nitrogens with zero attached hydrogens (tertiary/aromatic N) is 2. The molecule has 3 aromatic rings. The van der Waals surface area contributed by atoms with Crippen molar-refractivity contribution >= 4 is 11.0 Å². The summed E-state index contributed by atoms with van der Waals surface area (Å²) in [5.41, 5.74) is 5.37. The highest BCUT2D eigenvalue weighted by Gasteiger charge is 2.12. The van der Waals surface area contributed by atoms with E-state index < -0.39 is 6.10 Å². The molecule has 0 spiro atoms. The Kier molecular flexibility index (Phi) is 4.35. The SMILES string of the molecule is Cc1ccc(C)c(OC[C@H](O)Cn2cnc3ccccc32)c1C. The molecule has 0 saturated carbocycles. The van der Waals surface area contributed by atoms with E-state index in [2.05, 4.69) is 18.0 Å². The van der Waals surface area contributed by atoms with Gasteiger partial charge in [0.1, 0.15) is 18.5 Å². The monoisotopic (exact) mass is 310 g/mol. The first kappa shape index (κ1) is 15.6. The first-order valence-electron chi connectivity index (χ1n) is 7.84. The van der Waals surface area contributed by atoms with Crippen molar-refractivity contribution in [1.82, 2.24) is 9.55 Å². The van der Waals surface area contributed by atoms with E-state index in [1.54, 1.807) is 6.33 Å². The molecule has 0 amide bonds. The van der Waals surface area contributed by atoms with Gasteiger partial charge < -0.3 is 14.4 Å².